The van der Waals surface area contributed by atoms with Crippen molar-refractivity contribution in [2.45, 2.75) is 0 Å². The minimum Gasteiger partial charge on any atom is -0.309 e. The van der Waals surface area contributed by atoms with Crippen LogP contribution in [0.1, 0.15) is 0 Å². The van der Waals surface area contributed by atoms with E-state index in [2.05, 4.69) is 284 Å². The van der Waals surface area contributed by atoms with E-state index in [0.717, 1.165) is 125 Å². The van der Waals surface area contributed by atoms with Crippen LogP contribution in [0.5, 0.6) is 0 Å². The molecule has 0 N–H and O–H groups in total. The summed E-state index contributed by atoms with van der Waals surface area (Å²) in [5, 5.41) is 8.25. The summed E-state index contributed by atoms with van der Waals surface area (Å²) in [6, 6.07) is 116. The van der Waals surface area contributed by atoms with Gasteiger partial charge in [0.2, 0.25) is 5.95 Å². The predicted octanol–water partition coefficient (Wildman–Crippen LogP) is 24.6. The number of nitrogens with zero attached hydrogens (tertiary/aromatic N) is 11. The number of halogens is 3. The lowest BCUT2D eigenvalue weighted by Gasteiger charge is -2.12. The van der Waals surface area contributed by atoms with E-state index in [9.17, 15) is 0 Å². The van der Waals surface area contributed by atoms with Crippen molar-refractivity contribution in [2.75, 3.05) is 0 Å². The summed E-state index contributed by atoms with van der Waals surface area (Å²) in [6.07, 6.45) is 3.59. The molecule has 20 rings (SSSR count). The normalized spacial score (nSPS) is 11.3. The Morgan fingerprint density at radius 1 is 0.226 bits per heavy atom. The summed E-state index contributed by atoms with van der Waals surface area (Å²) >= 11 is 11.3. The van der Waals surface area contributed by atoms with Gasteiger partial charge in [0.25, 0.3) is 0 Å². The van der Waals surface area contributed by atoms with Crippen molar-refractivity contribution in [3.05, 3.63) is 366 Å². The third-order valence-corrected chi connectivity index (χ3v) is 20.9. The van der Waals surface area contributed by atoms with E-state index < -0.39 is 0 Å². The van der Waals surface area contributed by atoms with E-state index in [1.54, 1.807) is 12.4 Å². The number of hydrogen-bond acceptors (Lipinski definition) is 8. The van der Waals surface area contributed by atoms with Crippen LogP contribution >= 0.6 is 47.8 Å². The highest BCUT2D eigenvalue weighted by Gasteiger charge is 2.22. The average molecular weight is 1560 g/mol. The molecule has 8 aromatic heterocycles. The lowest BCUT2D eigenvalue weighted by atomic mass is 10.0. The molecule has 502 valence electrons. The van der Waals surface area contributed by atoms with E-state index in [4.69, 9.17) is 29.9 Å². The molecule has 12 aromatic carbocycles. The van der Waals surface area contributed by atoms with Gasteiger partial charge in [0.15, 0.2) is 17.5 Å². The van der Waals surface area contributed by atoms with Crippen LogP contribution < -0.4 is 0 Å². The first-order valence-electron chi connectivity index (χ1n) is 34.6. The van der Waals surface area contributed by atoms with Gasteiger partial charge in [-0.1, -0.05) is 266 Å². The van der Waals surface area contributed by atoms with Gasteiger partial charge in [-0.05, 0) is 132 Å². The average Bonchev–Trinajstić information content (AvgIpc) is 1.59. The van der Waals surface area contributed by atoms with Crippen LogP contribution in [0.2, 0.25) is 0 Å². The SMILES string of the molecule is Brc1cccc2c1c1ccccc1n2-c1cccc(-c2cc(-c3ccccn3)nc(-c3ccccn3)c2)c1.Brc1cccc2c1c1ccccc1n2-c1cccc(-c2nc(-c3ccccc3)nc(-c3ccccc3)n2)c1.Brc1cccc2c1c1ccccc1n2-c1nc(-c2ccccc2)c2ccccc2n1. The highest BCUT2D eigenvalue weighted by molar-refractivity contribution is 9.11. The van der Waals surface area contributed by atoms with Crippen molar-refractivity contribution in [1.82, 2.24) is 53.6 Å². The Labute approximate surface area is 635 Å². The lowest BCUT2D eigenvalue weighted by molar-refractivity contribution is 1.01. The Morgan fingerprint density at radius 3 is 1.08 bits per heavy atom. The van der Waals surface area contributed by atoms with Gasteiger partial charge in [-0.15, -0.1) is 0 Å². The molecular formula is C92H58Br3N11. The van der Waals surface area contributed by atoms with Gasteiger partial charge < -0.3 is 9.13 Å². The van der Waals surface area contributed by atoms with E-state index in [1.165, 1.54) is 37.8 Å². The fourth-order valence-corrected chi connectivity index (χ4v) is 15.9. The van der Waals surface area contributed by atoms with Gasteiger partial charge in [0.1, 0.15) is 0 Å². The number of para-hydroxylation sites is 4. The quantitative estimate of drug-likeness (QED) is 0.133. The molecule has 0 fully saturated rings. The number of fused-ring (bicyclic) bond motifs is 10. The van der Waals surface area contributed by atoms with Gasteiger partial charge in [0.05, 0.1) is 67.1 Å². The molecule has 0 spiro atoms. The third kappa shape index (κ3) is 12.4. The standard InChI is InChI=1S/2C33H21BrN4.C26H16BrN3/c34-27-18-10-20-29-30(27)26-17-7-8-19-28(26)38(29)25-16-9-15-24(21-25)33-36-31(22-11-3-1-4-12-22)35-32(37-33)23-13-5-2-6-14-23;34-26-12-8-16-32-33(26)25-11-1-2-15-31(25)38(32)24-10-7-9-22(19-24)23-20-29(27-13-3-5-17-35-27)37-30(21-23)28-14-4-6-18-36-28;27-20-13-8-16-23-24(20)19-12-5-7-15-22(19)30(23)26-28-21-14-6-4-11-18(21)25(29-26)17-9-2-1-3-10-17/h2*1-21H;1-16H. The molecule has 20 aromatic rings. The summed E-state index contributed by atoms with van der Waals surface area (Å²) in [5.74, 6) is 2.62. The van der Waals surface area contributed by atoms with Crippen LogP contribution in [-0.2, 0) is 0 Å². The molecule has 0 amide bonds. The van der Waals surface area contributed by atoms with Gasteiger partial charge in [-0.2, -0.15) is 0 Å². The Kier molecular flexibility index (Phi) is 17.6. The molecule has 0 aliphatic carbocycles. The van der Waals surface area contributed by atoms with E-state index in [0.29, 0.717) is 23.4 Å². The topological polar surface area (TPSA) is 118 Å². The Bertz CT molecular complexity index is 6290. The first-order valence-corrected chi connectivity index (χ1v) is 37.0. The molecule has 11 nitrogen and oxygen atoms in total. The van der Waals surface area contributed by atoms with E-state index in [1.807, 2.05) is 127 Å². The molecule has 0 saturated heterocycles. The number of benzene rings is 12. The summed E-state index contributed by atoms with van der Waals surface area (Å²) in [7, 11) is 0. The van der Waals surface area contributed by atoms with Gasteiger partial charge in [-0.25, -0.2) is 29.9 Å². The zero-order valence-corrected chi connectivity index (χ0v) is 61.3. The summed E-state index contributed by atoms with van der Waals surface area (Å²) in [5.41, 5.74) is 20.2. The second-order valence-corrected chi connectivity index (χ2v) is 28.0. The van der Waals surface area contributed by atoms with Crippen LogP contribution in [0.25, 0.3) is 173 Å². The summed E-state index contributed by atoms with van der Waals surface area (Å²) in [6.45, 7) is 0. The van der Waals surface area contributed by atoms with Gasteiger partial charge in [-0.3, -0.25) is 14.5 Å². The maximum absolute atomic E-state index is 5.08. The zero-order chi connectivity index (χ0) is 71.0. The first kappa shape index (κ1) is 65.3. The van der Waals surface area contributed by atoms with Crippen molar-refractivity contribution in [2.24, 2.45) is 0 Å². The fraction of sp³-hybridized carbons (Fsp3) is 0. The van der Waals surface area contributed by atoms with Crippen molar-refractivity contribution >= 4 is 124 Å². The third-order valence-electron chi connectivity index (χ3n) is 19.0. The number of rotatable bonds is 10. The molecule has 0 aliphatic heterocycles. The van der Waals surface area contributed by atoms with Crippen LogP contribution in [0.4, 0.5) is 0 Å². The molecule has 0 aliphatic rings. The maximum Gasteiger partial charge on any atom is 0.235 e. The van der Waals surface area contributed by atoms with Crippen LogP contribution in [0, 0.1) is 0 Å². The maximum atomic E-state index is 5.08. The molecular weight excluding hydrogens is 1500 g/mol. The molecule has 0 radical (unpaired) electrons. The minimum absolute atomic E-state index is 0.640. The van der Waals surface area contributed by atoms with Gasteiger partial charge in [0, 0.05) is 97.1 Å². The molecule has 0 saturated carbocycles. The first-order chi connectivity index (χ1) is 52.3. The molecule has 0 unspecified atom stereocenters. The Hall–Kier alpha value is -12.7. The molecule has 106 heavy (non-hydrogen) atoms. The minimum atomic E-state index is 0.640. The van der Waals surface area contributed by atoms with Crippen molar-refractivity contribution < 1.29 is 0 Å². The summed E-state index contributed by atoms with van der Waals surface area (Å²) in [4.78, 5) is 38.8. The van der Waals surface area contributed by atoms with Gasteiger partial charge >= 0.3 is 0 Å². The highest BCUT2D eigenvalue weighted by Crippen LogP contribution is 2.42. The number of hydrogen-bond donors (Lipinski definition) is 0. The Balaban J connectivity index is 0.000000114. The molecule has 14 heteroatoms. The highest BCUT2D eigenvalue weighted by atomic mass is 79.9. The molecule has 0 atom stereocenters. The monoisotopic (exact) mass is 1550 g/mol. The van der Waals surface area contributed by atoms with Crippen molar-refractivity contribution in [1.29, 1.82) is 0 Å². The van der Waals surface area contributed by atoms with E-state index >= 15 is 0 Å². The van der Waals surface area contributed by atoms with Crippen molar-refractivity contribution in [3.63, 3.8) is 0 Å². The second-order valence-electron chi connectivity index (χ2n) is 25.4. The summed E-state index contributed by atoms with van der Waals surface area (Å²) < 4.78 is 10.0. The van der Waals surface area contributed by atoms with Crippen LogP contribution in [0.3, 0.4) is 0 Å². The van der Waals surface area contributed by atoms with E-state index in [-0.39, 0.29) is 0 Å². The van der Waals surface area contributed by atoms with Crippen molar-refractivity contribution in [3.8, 4) is 96.6 Å². The smallest absolute Gasteiger partial charge is 0.235 e. The fourth-order valence-electron chi connectivity index (χ4n) is 14.2. The van der Waals surface area contributed by atoms with Crippen LogP contribution in [0.15, 0.2) is 366 Å². The number of aromatic nitrogens is 11. The molecule has 8 heterocycles. The van der Waals surface area contributed by atoms with Crippen LogP contribution in [-0.4, -0.2) is 53.6 Å². The predicted molar refractivity (Wildman–Crippen MR) is 443 cm³/mol. The largest absolute Gasteiger partial charge is 0.309 e. The second kappa shape index (κ2) is 28.5. The zero-order valence-electron chi connectivity index (χ0n) is 56.5. The molecule has 0 bridgehead atoms. The lowest BCUT2D eigenvalue weighted by Crippen LogP contribution is -2.03. The Morgan fingerprint density at radius 2 is 0.594 bits per heavy atom. The number of pyridine rings is 3.